The van der Waals surface area contributed by atoms with E-state index in [9.17, 15) is 9.59 Å². The van der Waals surface area contributed by atoms with Gasteiger partial charge in [0, 0.05) is 23.2 Å². The Morgan fingerprint density at radius 1 is 1.14 bits per heavy atom. The van der Waals surface area contributed by atoms with Crippen molar-refractivity contribution in [1.82, 2.24) is 9.55 Å². The number of hydrogen-bond acceptors (Lipinski definition) is 5. The Morgan fingerprint density at radius 3 is 2.55 bits per heavy atom. The molecule has 0 spiro atoms. The van der Waals surface area contributed by atoms with Crippen LogP contribution in [0.2, 0.25) is 0 Å². The molecule has 0 fully saturated rings. The Balaban J connectivity index is 1.68. The highest BCUT2D eigenvalue weighted by atomic mass is 32.2. The summed E-state index contributed by atoms with van der Waals surface area (Å²) in [6.07, 6.45) is 0.855. The van der Waals surface area contributed by atoms with Crippen molar-refractivity contribution < 1.29 is 9.53 Å². The molecule has 6 nitrogen and oxygen atoms in total. The van der Waals surface area contributed by atoms with Gasteiger partial charge in [0.25, 0.3) is 5.56 Å². The second kappa shape index (κ2) is 9.93. The van der Waals surface area contributed by atoms with Crippen LogP contribution in [0.15, 0.2) is 70.6 Å². The van der Waals surface area contributed by atoms with E-state index in [4.69, 9.17) is 4.74 Å². The number of hydrogen-bond donors (Lipinski definition) is 1. The zero-order valence-corrected chi connectivity index (χ0v) is 17.2. The summed E-state index contributed by atoms with van der Waals surface area (Å²) in [5.74, 6) is 1.19. The number of aromatic nitrogens is 2. The molecule has 0 atom stereocenters. The lowest BCUT2D eigenvalue weighted by atomic mass is 10.2. The molecule has 3 rings (SSSR count). The number of amides is 1. The number of nitrogens with zero attached hydrogens (tertiary/aromatic N) is 2. The van der Waals surface area contributed by atoms with Crippen LogP contribution in [0.1, 0.15) is 11.3 Å². The van der Waals surface area contributed by atoms with Gasteiger partial charge < -0.3 is 10.1 Å². The standard InChI is InChI=1S/C22H23N3O3S/c1-16-14-21(27)25(15-20(26)24-18-8-10-19(28-2)11-9-18)22(23-16)29-13-12-17-6-4-3-5-7-17/h3-11,14H,12-13,15H2,1-2H3,(H,24,26). The van der Waals surface area contributed by atoms with Gasteiger partial charge in [0.15, 0.2) is 5.16 Å². The molecule has 1 heterocycles. The minimum absolute atomic E-state index is 0.0915. The van der Waals surface area contributed by atoms with Crippen LogP contribution in [-0.2, 0) is 17.8 Å². The van der Waals surface area contributed by atoms with Crippen molar-refractivity contribution >= 4 is 23.4 Å². The molecule has 0 aliphatic rings. The molecule has 29 heavy (non-hydrogen) atoms. The second-order valence-corrected chi connectivity index (χ2v) is 7.53. The lowest BCUT2D eigenvalue weighted by Gasteiger charge is -2.12. The number of carbonyl (C=O) groups excluding carboxylic acids is 1. The highest BCUT2D eigenvalue weighted by Crippen LogP contribution is 2.18. The molecule has 0 bridgehead atoms. The maximum absolute atomic E-state index is 12.5. The van der Waals surface area contributed by atoms with Gasteiger partial charge in [-0.15, -0.1) is 0 Å². The Labute approximate surface area is 173 Å². The summed E-state index contributed by atoms with van der Waals surface area (Å²) in [6, 6.07) is 18.6. The molecule has 2 aromatic carbocycles. The number of methoxy groups -OCH3 is 1. The number of rotatable bonds is 8. The molecule has 0 aliphatic heterocycles. The van der Waals surface area contributed by atoms with E-state index < -0.39 is 0 Å². The van der Waals surface area contributed by atoms with Gasteiger partial charge in [-0.2, -0.15) is 0 Å². The first-order valence-electron chi connectivity index (χ1n) is 9.24. The molecule has 1 N–H and O–H groups in total. The van der Waals surface area contributed by atoms with E-state index in [1.54, 1.807) is 38.3 Å². The zero-order chi connectivity index (χ0) is 20.6. The van der Waals surface area contributed by atoms with Crippen molar-refractivity contribution in [1.29, 1.82) is 0 Å². The van der Waals surface area contributed by atoms with Crippen molar-refractivity contribution in [2.24, 2.45) is 0 Å². The molecule has 7 heteroatoms. The Hall–Kier alpha value is -3.06. The van der Waals surface area contributed by atoms with Crippen LogP contribution in [0.25, 0.3) is 0 Å². The fourth-order valence-corrected chi connectivity index (χ4v) is 3.81. The summed E-state index contributed by atoms with van der Waals surface area (Å²) in [7, 11) is 1.58. The van der Waals surface area contributed by atoms with Gasteiger partial charge in [-0.1, -0.05) is 42.1 Å². The summed E-state index contributed by atoms with van der Waals surface area (Å²) in [5, 5.41) is 3.35. The molecular weight excluding hydrogens is 386 g/mol. The summed E-state index contributed by atoms with van der Waals surface area (Å²) in [4.78, 5) is 29.4. The van der Waals surface area contributed by atoms with E-state index in [1.807, 2.05) is 18.2 Å². The normalized spacial score (nSPS) is 10.6. The van der Waals surface area contributed by atoms with Crippen LogP contribution in [-0.4, -0.2) is 28.3 Å². The van der Waals surface area contributed by atoms with Gasteiger partial charge in [-0.25, -0.2) is 4.98 Å². The lowest BCUT2D eigenvalue weighted by Crippen LogP contribution is -2.29. The molecule has 1 aromatic heterocycles. The lowest BCUT2D eigenvalue weighted by molar-refractivity contribution is -0.116. The number of benzene rings is 2. The predicted octanol–water partition coefficient (Wildman–Crippen LogP) is 3.53. The molecule has 3 aromatic rings. The highest BCUT2D eigenvalue weighted by molar-refractivity contribution is 7.99. The van der Waals surface area contributed by atoms with Crippen LogP contribution in [0.5, 0.6) is 5.75 Å². The quantitative estimate of drug-likeness (QED) is 0.455. The number of aryl methyl sites for hydroxylation is 2. The first-order chi connectivity index (χ1) is 14.0. The van der Waals surface area contributed by atoms with E-state index in [1.165, 1.54) is 28.0 Å². The molecule has 0 radical (unpaired) electrons. The van der Waals surface area contributed by atoms with Crippen molar-refractivity contribution in [2.45, 2.75) is 25.0 Å². The smallest absolute Gasteiger partial charge is 0.254 e. The van der Waals surface area contributed by atoms with Crippen LogP contribution >= 0.6 is 11.8 Å². The van der Waals surface area contributed by atoms with E-state index in [-0.39, 0.29) is 18.0 Å². The maximum atomic E-state index is 12.5. The minimum Gasteiger partial charge on any atom is -0.497 e. The summed E-state index contributed by atoms with van der Waals surface area (Å²) >= 11 is 1.48. The average Bonchev–Trinajstić information content (AvgIpc) is 2.72. The fraction of sp³-hybridized carbons (Fsp3) is 0.227. The SMILES string of the molecule is COc1ccc(NC(=O)Cn2c(SCCc3ccccc3)nc(C)cc2=O)cc1. The topological polar surface area (TPSA) is 73.2 Å². The summed E-state index contributed by atoms with van der Waals surface area (Å²) in [6.45, 7) is 1.69. The number of anilines is 1. The van der Waals surface area contributed by atoms with Crippen LogP contribution in [0.4, 0.5) is 5.69 Å². The van der Waals surface area contributed by atoms with Gasteiger partial charge in [0.05, 0.1) is 7.11 Å². The Bertz CT molecular complexity index is 1020. The molecule has 1 amide bonds. The molecule has 0 saturated carbocycles. The van der Waals surface area contributed by atoms with Gasteiger partial charge in [-0.05, 0) is 43.2 Å². The largest absolute Gasteiger partial charge is 0.497 e. The Morgan fingerprint density at radius 2 is 1.86 bits per heavy atom. The number of nitrogens with one attached hydrogen (secondary N) is 1. The molecule has 0 aliphatic carbocycles. The Kier molecular flexibility index (Phi) is 7.08. The van der Waals surface area contributed by atoms with E-state index >= 15 is 0 Å². The average molecular weight is 410 g/mol. The van der Waals surface area contributed by atoms with E-state index in [2.05, 4.69) is 22.4 Å². The first-order valence-corrected chi connectivity index (χ1v) is 10.2. The predicted molar refractivity (Wildman–Crippen MR) is 116 cm³/mol. The molecule has 0 saturated heterocycles. The third kappa shape index (κ3) is 5.96. The monoisotopic (exact) mass is 409 g/mol. The fourth-order valence-electron chi connectivity index (χ4n) is 2.77. The third-order valence-electron chi connectivity index (χ3n) is 4.24. The van der Waals surface area contributed by atoms with Gasteiger partial charge in [0.1, 0.15) is 12.3 Å². The number of carbonyl (C=O) groups is 1. The zero-order valence-electron chi connectivity index (χ0n) is 16.4. The van der Waals surface area contributed by atoms with Crippen LogP contribution in [0.3, 0.4) is 0 Å². The first kappa shape index (κ1) is 20.7. The minimum atomic E-state index is -0.284. The van der Waals surface area contributed by atoms with Gasteiger partial charge in [-0.3, -0.25) is 14.2 Å². The highest BCUT2D eigenvalue weighted by Gasteiger charge is 2.12. The maximum Gasteiger partial charge on any atom is 0.254 e. The number of ether oxygens (including phenoxy) is 1. The van der Waals surface area contributed by atoms with Crippen molar-refractivity contribution in [3.8, 4) is 5.75 Å². The van der Waals surface area contributed by atoms with E-state index in [0.717, 1.165) is 12.2 Å². The molecular formula is C22H23N3O3S. The van der Waals surface area contributed by atoms with Crippen molar-refractivity contribution in [3.63, 3.8) is 0 Å². The van der Waals surface area contributed by atoms with Crippen LogP contribution < -0.4 is 15.6 Å². The van der Waals surface area contributed by atoms with Gasteiger partial charge >= 0.3 is 0 Å². The van der Waals surface area contributed by atoms with E-state index in [0.29, 0.717) is 22.3 Å². The summed E-state index contributed by atoms with van der Waals surface area (Å²) in [5.41, 5.74) is 2.27. The summed E-state index contributed by atoms with van der Waals surface area (Å²) < 4.78 is 6.53. The molecule has 150 valence electrons. The number of thioether (sulfide) groups is 1. The van der Waals surface area contributed by atoms with Crippen molar-refractivity contribution in [2.75, 3.05) is 18.2 Å². The third-order valence-corrected chi connectivity index (χ3v) is 5.22. The van der Waals surface area contributed by atoms with Gasteiger partial charge in [0.2, 0.25) is 5.91 Å². The second-order valence-electron chi connectivity index (χ2n) is 6.47. The van der Waals surface area contributed by atoms with Crippen LogP contribution in [0, 0.1) is 6.92 Å². The van der Waals surface area contributed by atoms with Crippen molar-refractivity contribution in [3.05, 3.63) is 82.3 Å². The molecule has 0 unspecified atom stereocenters.